The first-order chi connectivity index (χ1) is 17.5. The Labute approximate surface area is 210 Å². The molecule has 0 radical (unpaired) electrons. The van der Waals surface area contributed by atoms with Crippen molar-refractivity contribution in [3.63, 3.8) is 0 Å². The molecule has 1 fully saturated rings. The Morgan fingerprint density at radius 3 is 2.59 bits per heavy atom. The number of nitrogens with zero attached hydrogens (tertiary/aromatic N) is 3. The van der Waals surface area contributed by atoms with Gasteiger partial charge in [-0.05, 0) is 42.3 Å². The van der Waals surface area contributed by atoms with Gasteiger partial charge in [0.05, 0.1) is 29.9 Å². The molecule has 2 N–H and O–H groups in total. The van der Waals surface area contributed by atoms with Crippen LogP contribution >= 0.6 is 11.6 Å². The Kier molecular flexibility index (Phi) is 7.15. The second-order valence-corrected chi connectivity index (χ2v) is 8.50. The smallest absolute Gasteiger partial charge is 0.437 e. The van der Waals surface area contributed by atoms with Crippen molar-refractivity contribution >= 4 is 17.5 Å². The molecule has 14 heteroatoms. The summed E-state index contributed by atoms with van der Waals surface area (Å²) in [5.74, 6) is -5.17. The molecule has 1 aromatic heterocycles. The monoisotopic (exact) mass is 539 g/mol. The fourth-order valence-corrected chi connectivity index (χ4v) is 3.98. The second-order valence-electron chi connectivity index (χ2n) is 8.06. The molecule has 1 amide bonds. The first-order valence-corrected chi connectivity index (χ1v) is 10.9. The van der Waals surface area contributed by atoms with Gasteiger partial charge in [-0.2, -0.15) is 18.4 Å². The molecule has 8 nitrogen and oxygen atoms in total. The summed E-state index contributed by atoms with van der Waals surface area (Å²) in [6.07, 6.45) is -4.42. The van der Waals surface area contributed by atoms with E-state index in [-0.39, 0.29) is 22.8 Å². The number of ether oxygens (including phenoxy) is 1. The summed E-state index contributed by atoms with van der Waals surface area (Å²) in [7, 11) is 0. The SMILES string of the molecule is N#Cc1cc(Cl)cc(Oc2c(C(F)(F)F)ncn(CC3CC(c4ccc(F)c(F)c4)NNC3=O)c2=O)c1. The molecule has 4 rings (SSSR count). The maximum absolute atomic E-state index is 13.7. The number of carbonyl (C=O) groups excluding carboxylic acids is 1. The van der Waals surface area contributed by atoms with Crippen molar-refractivity contribution in [3.05, 3.63) is 86.6 Å². The van der Waals surface area contributed by atoms with Crippen LogP contribution in [0.15, 0.2) is 47.5 Å². The van der Waals surface area contributed by atoms with Crippen LogP contribution in [0.25, 0.3) is 0 Å². The zero-order valence-corrected chi connectivity index (χ0v) is 19.2. The fourth-order valence-electron chi connectivity index (χ4n) is 3.75. The van der Waals surface area contributed by atoms with Crippen LogP contribution in [0, 0.1) is 28.9 Å². The molecule has 0 spiro atoms. The maximum atomic E-state index is 13.7. The van der Waals surface area contributed by atoms with E-state index in [1.165, 1.54) is 12.1 Å². The highest BCUT2D eigenvalue weighted by Gasteiger charge is 2.39. The minimum Gasteiger partial charge on any atom is -0.449 e. The highest BCUT2D eigenvalue weighted by atomic mass is 35.5. The molecule has 2 heterocycles. The van der Waals surface area contributed by atoms with Crippen molar-refractivity contribution in [1.82, 2.24) is 20.4 Å². The van der Waals surface area contributed by atoms with Gasteiger partial charge in [0.25, 0.3) is 5.56 Å². The lowest BCUT2D eigenvalue weighted by molar-refractivity contribution is -0.142. The van der Waals surface area contributed by atoms with Crippen LogP contribution in [0.3, 0.4) is 0 Å². The number of nitriles is 1. The van der Waals surface area contributed by atoms with Crippen LogP contribution in [0.1, 0.15) is 29.3 Å². The van der Waals surface area contributed by atoms with E-state index in [0.717, 1.165) is 28.8 Å². The van der Waals surface area contributed by atoms with Crippen molar-refractivity contribution < 1.29 is 31.5 Å². The van der Waals surface area contributed by atoms with Crippen molar-refractivity contribution in [2.75, 3.05) is 0 Å². The Morgan fingerprint density at radius 2 is 1.92 bits per heavy atom. The number of rotatable bonds is 5. The standard InChI is InChI=1S/C23H15ClF5N5O3/c24-14-3-11(8-30)4-15(7-14)37-19-20(23(27,28)29)31-10-34(22(19)36)9-13-6-18(32-33-21(13)35)12-1-2-16(25)17(26)5-12/h1-5,7,10,13,18,32H,6,9H2,(H,33,35). The summed E-state index contributed by atoms with van der Waals surface area (Å²) in [6, 6.07) is 7.72. The van der Waals surface area contributed by atoms with E-state index >= 15 is 0 Å². The average molecular weight is 540 g/mol. The molecule has 0 bridgehead atoms. The molecule has 2 aromatic carbocycles. The van der Waals surface area contributed by atoms with Gasteiger partial charge in [-0.15, -0.1) is 0 Å². The van der Waals surface area contributed by atoms with Crippen LogP contribution in [-0.2, 0) is 17.5 Å². The molecule has 0 aliphatic carbocycles. The van der Waals surface area contributed by atoms with Gasteiger partial charge in [-0.3, -0.25) is 19.6 Å². The third kappa shape index (κ3) is 5.71. The van der Waals surface area contributed by atoms with Crippen molar-refractivity contribution in [2.24, 2.45) is 5.92 Å². The normalized spacial score (nSPS) is 17.7. The van der Waals surface area contributed by atoms with Crippen LogP contribution in [0.4, 0.5) is 22.0 Å². The number of hydrogen-bond acceptors (Lipinski definition) is 6. The summed E-state index contributed by atoms with van der Waals surface area (Å²) in [6.45, 7) is -0.396. The van der Waals surface area contributed by atoms with Gasteiger partial charge in [0.2, 0.25) is 11.7 Å². The number of benzene rings is 2. The Hall–Kier alpha value is -4.02. The van der Waals surface area contributed by atoms with Crippen molar-refractivity contribution in [3.8, 4) is 17.6 Å². The van der Waals surface area contributed by atoms with Gasteiger partial charge in [0.15, 0.2) is 17.3 Å². The van der Waals surface area contributed by atoms with Gasteiger partial charge in [-0.25, -0.2) is 19.2 Å². The predicted octanol–water partition coefficient (Wildman–Crippen LogP) is 4.24. The molecular weight excluding hydrogens is 525 g/mol. The number of alkyl halides is 3. The van der Waals surface area contributed by atoms with E-state index < -0.39 is 59.2 Å². The van der Waals surface area contributed by atoms with Crippen LogP contribution in [-0.4, -0.2) is 15.5 Å². The molecule has 1 aliphatic heterocycles. The molecule has 2 unspecified atom stereocenters. The molecular formula is C23H15ClF5N5O3. The zero-order valence-electron chi connectivity index (χ0n) is 18.4. The summed E-state index contributed by atoms with van der Waals surface area (Å²) in [5, 5.41) is 9.06. The number of carbonyl (C=O) groups is 1. The number of halogens is 6. The van der Waals surface area contributed by atoms with E-state index in [4.69, 9.17) is 21.6 Å². The van der Waals surface area contributed by atoms with Gasteiger partial charge in [0, 0.05) is 11.6 Å². The number of hydrogen-bond donors (Lipinski definition) is 2. The molecule has 37 heavy (non-hydrogen) atoms. The fraction of sp³-hybridized carbons (Fsp3) is 0.217. The van der Waals surface area contributed by atoms with E-state index in [9.17, 15) is 31.5 Å². The highest BCUT2D eigenvalue weighted by Crippen LogP contribution is 2.35. The average Bonchev–Trinajstić information content (AvgIpc) is 2.83. The van der Waals surface area contributed by atoms with Gasteiger partial charge >= 0.3 is 6.18 Å². The molecule has 0 saturated carbocycles. The Morgan fingerprint density at radius 1 is 1.16 bits per heavy atom. The molecule has 1 aliphatic rings. The summed E-state index contributed by atoms with van der Waals surface area (Å²) in [4.78, 5) is 28.8. The zero-order chi connectivity index (χ0) is 26.9. The lowest BCUT2D eigenvalue weighted by Gasteiger charge is -2.30. The molecule has 1 saturated heterocycles. The van der Waals surface area contributed by atoms with E-state index in [1.807, 2.05) is 0 Å². The third-order valence-corrected chi connectivity index (χ3v) is 5.73. The summed E-state index contributed by atoms with van der Waals surface area (Å²) < 4.78 is 73.8. The largest absolute Gasteiger partial charge is 0.449 e. The first-order valence-electron chi connectivity index (χ1n) is 10.5. The molecule has 192 valence electrons. The lowest BCUT2D eigenvalue weighted by Crippen LogP contribution is -2.51. The number of amides is 1. The maximum Gasteiger partial charge on any atom is 0.437 e. The number of aromatic nitrogens is 2. The van der Waals surface area contributed by atoms with Crippen LogP contribution < -0.4 is 21.1 Å². The van der Waals surface area contributed by atoms with Crippen LogP contribution in [0.2, 0.25) is 5.02 Å². The summed E-state index contributed by atoms with van der Waals surface area (Å²) >= 11 is 5.88. The molecule has 3 aromatic rings. The summed E-state index contributed by atoms with van der Waals surface area (Å²) in [5.41, 5.74) is 2.45. The van der Waals surface area contributed by atoms with Crippen molar-refractivity contribution in [1.29, 1.82) is 5.26 Å². The quantitative estimate of drug-likeness (QED) is 0.470. The van der Waals surface area contributed by atoms with E-state index in [1.54, 1.807) is 6.07 Å². The second kappa shape index (κ2) is 10.2. The van der Waals surface area contributed by atoms with Crippen LogP contribution in [0.5, 0.6) is 11.5 Å². The van der Waals surface area contributed by atoms with Crippen molar-refractivity contribution in [2.45, 2.75) is 25.2 Å². The number of hydrazine groups is 1. The third-order valence-electron chi connectivity index (χ3n) is 5.51. The van der Waals surface area contributed by atoms with Gasteiger partial charge in [0.1, 0.15) is 5.75 Å². The minimum atomic E-state index is -5.06. The Balaban J connectivity index is 1.66. The lowest BCUT2D eigenvalue weighted by atomic mass is 9.92. The van der Waals surface area contributed by atoms with E-state index in [0.29, 0.717) is 11.9 Å². The molecule has 2 atom stereocenters. The van der Waals surface area contributed by atoms with Gasteiger partial charge < -0.3 is 4.74 Å². The minimum absolute atomic E-state index is 0.000378. The first kappa shape index (κ1) is 26.1. The highest BCUT2D eigenvalue weighted by molar-refractivity contribution is 6.30. The number of nitrogens with one attached hydrogen (secondary N) is 2. The van der Waals surface area contributed by atoms with E-state index in [2.05, 4.69) is 15.8 Å². The topological polar surface area (TPSA) is 109 Å². The predicted molar refractivity (Wildman–Crippen MR) is 118 cm³/mol. The van der Waals surface area contributed by atoms with Gasteiger partial charge in [-0.1, -0.05) is 17.7 Å². The Bertz CT molecular complexity index is 1470.